The van der Waals surface area contributed by atoms with Crippen LogP contribution in [-0.4, -0.2) is 27.7 Å². The first-order valence-corrected chi connectivity index (χ1v) is 5.86. The van der Waals surface area contributed by atoms with Crippen LogP contribution < -0.4 is 11.5 Å². The van der Waals surface area contributed by atoms with Crippen molar-refractivity contribution in [3.63, 3.8) is 0 Å². The monoisotopic (exact) mass is 274 g/mol. The molecule has 104 valence electrons. The van der Waals surface area contributed by atoms with Gasteiger partial charge < -0.3 is 21.7 Å². The number of carboxylic acid groups (broad SMARTS) is 2. The number of hydrogen-bond donors (Lipinski definition) is 4. The van der Waals surface area contributed by atoms with Crippen LogP contribution in [-0.2, 0) is 9.59 Å². The molecule has 2 atom stereocenters. The number of carbonyl (C=O) groups is 2. The fraction of sp³-hybridized carbons (Fsp3) is 0.143. The van der Waals surface area contributed by atoms with E-state index >= 15 is 0 Å². The van der Waals surface area contributed by atoms with Crippen LogP contribution in [0.4, 0.5) is 5.69 Å². The van der Waals surface area contributed by atoms with E-state index in [0.29, 0.717) is 16.8 Å². The molecule has 0 heterocycles. The number of aliphatic carboxylic acids is 2. The van der Waals surface area contributed by atoms with Crippen LogP contribution in [0.3, 0.4) is 0 Å². The summed E-state index contributed by atoms with van der Waals surface area (Å²) in [6.45, 7) is 0. The summed E-state index contributed by atoms with van der Waals surface area (Å²) in [7, 11) is 0. The highest BCUT2D eigenvalue weighted by Crippen LogP contribution is 2.36. The van der Waals surface area contributed by atoms with Gasteiger partial charge in [0.15, 0.2) is 5.54 Å². The van der Waals surface area contributed by atoms with E-state index in [1.54, 1.807) is 30.3 Å². The number of anilines is 1. The zero-order valence-electron chi connectivity index (χ0n) is 10.5. The molecule has 0 amide bonds. The molecule has 1 aromatic rings. The van der Waals surface area contributed by atoms with E-state index in [9.17, 15) is 19.8 Å². The van der Waals surface area contributed by atoms with Crippen LogP contribution in [0.1, 0.15) is 5.56 Å². The molecular formula is C14H14N2O4. The van der Waals surface area contributed by atoms with Crippen LogP contribution >= 0.6 is 0 Å². The van der Waals surface area contributed by atoms with Gasteiger partial charge in [-0.1, -0.05) is 30.4 Å². The molecule has 6 heteroatoms. The second-order valence-electron chi connectivity index (χ2n) is 4.62. The van der Waals surface area contributed by atoms with E-state index in [-0.39, 0.29) is 0 Å². The maximum absolute atomic E-state index is 11.5. The van der Waals surface area contributed by atoms with Crippen LogP contribution in [0.15, 0.2) is 42.5 Å². The second kappa shape index (κ2) is 4.82. The average molecular weight is 274 g/mol. The fourth-order valence-corrected chi connectivity index (χ4v) is 2.27. The zero-order chi connectivity index (χ0) is 14.9. The van der Waals surface area contributed by atoms with Crippen LogP contribution in [0.2, 0.25) is 0 Å². The summed E-state index contributed by atoms with van der Waals surface area (Å²) in [4.78, 5) is 22.8. The van der Waals surface area contributed by atoms with Crippen molar-refractivity contribution >= 4 is 23.2 Å². The normalized spacial score (nSPS) is 25.1. The zero-order valence-corrected chi connectivity index (χ0v) is 10.5. The smallest absolute Gasteiger partial charge is 0.328 e. The molecule has 0 saturated carbocycles. The number of nitrogen functional groups attached to an aromatic ring is 1. The first-order valence-electron chi connectivity index (χ1n) is 5.86. The first-order chi connectivity index (χ1) is 9.36. The highest BCUT2D eigenvalue weighted by atomic mass is 16.4. The third-order valence-electron chi connectivity index (χ3n) is 3.27. The lowest BCUT2D eigenvalue weighted by atomic mass is 9.74. The van der Waals surface area contributed by atoms with Crippen molar-refractivity contribution in [2.45, 2.75) is 5.54 Å². The van der Waals surface area contributed by atoms with Gasteiger partial charge in [0.05, 0.1) is 0 Å². The summed E-state index contributed by atoms with van der Waals surface area (Å²) in [6, 6.07) is 6.58. The molecule has 2 unspecified atom stereocenters. The third-order valence-corrected chi connectivity index (χ3v) is 3.27. The van der Waals surface area contributed by atoms with Gasteiger partial charge in [0, 0.05) is 5.69 Å². The Balaban J connectivity index is 2.57. The van der Waals surface area contributed by atoms with E-state index in [1.807, 2.05) is 0 Å². The van der Waals surface area contributed by atoms with Gasteiger partial charge in [0.1, 0.15) is 5.92 Å². The Labute approximate surface area is 115 Å². The Kier molecular flexibility index (Phi) is 3.33. The summed E-state index contributed by atoms with van der Waals surface area (Å²) >= 11 is 0. The van der Waals surface area contributed by atoms with Gasteiger partial charge in [-0.3, -0.25) is 4.79 Å². The lowest BCUT2D eigenvalue weighted by Crippen LogP contribution is -2.56. The van der Waals surface area contributed by atoms with Crippen LogP contribution in [0, 0.1) is 5.92 Å². The lowest BCUT2D eigenvalue weighted by molar-refractivity contribution is -0.151. The van der Waals surface area contributed by atoms with E-state index < -0.39 is 23.4 Å². The quantitative estimate of drug-likeness (QED) is 0.601. The molecule has 1 aliphatic carbocycles. The number of rotatable bonds is 3. The van der Waals surface area contributed by atoms with Crippen molar-refractivity contribution in [2.75, 3.05) is 5.73 Å². The van der Waals surface area contributed by atoms with Gasteiger partial charge in [0.2, 0.25) is 0 Å². The molecule has 20 heavy (non-hydrogen) atoms. The molecule has 0 aromatic heterocycles. The van der Waals surface area contributed by atoms with Crippen molar-refractivity contribution in [1.29, 1.82) is 0 Å². The van der Waals surface area contributed by atoms with Crippen molar-refractivity contribution in [2.24, 2.45) is 11.7 Å². The van der Waals surface area contributed by atoms with E-state index in [0.717, 1.165) is 0 Å². The third kappa shape index (κ3) is 2.17. The standard InChI is InChI=1S/C14H14N2O4/c15-9-4-1-3-8(7-9)10-5-2-6-14(16,13(19)20)11(10)12(17)18/h1-7,11H,15-16H2,(H,17,18)(H,19,20). The van der Waals surface area contributed by atoms with E-state index in [1.165, 1.54) is 12.2 Å². The lowest BCUT2D eigenvalue weighted by Gasteiger charge is -2.32. The topological polar surface area (TPSA) is 127 Å². The summed E-state index contributed by atoms with van der Waals surface area (Å²) in [5.74, 6) is -4.07. The van der Waals surface area contributed by atoms with Crippen LogP contribution in [0.25, 0.3) is 5.57 Å². The van der Waals surface area contributed by atoms with Gasteiger partial charge in [-0.05, 0) is 23.3 Å². The van der Waals surface area contributed by atoms with E-state index in [4.69, 9.17) is 11.5 Å². The number of benzene rings is 1. The maximum Gasteiger partial charge on any atom is 0.328 e. The molecule has 0 saturated heterocycles. The predicted octanol–water partition coefficient (Wildman–Crippen LogP) is 0.705. The molecule has 0 fully saturated rings. The number of carboxylic acids is 2. The maximum atomic E-state index is 11.5. The minimum atomic E-state index is -1.99. The summed E-state index contributed by atoms with van der Waals surface area (Å²) < 4.78 is 0. The van der Waals surface area contributed by atoms with Crippen molar-refractivity contribution in [3.8, 4) is 0 Å². The van der Waals surface area contributed by atoms with Crippen molar-refractivity contribution in [1.82, 2.24) is 0 Å². The van der Waals surface area contributed by atoms with Crippen LogP contribution in [0.5, 0.6) is 0 Å². The van der Waals surface area contributed by atoms with Gasteiger partial charge in [-0.2, -0.15) is 0 Å². The second-order valence-corrected chi connectivity index (χ2v) is 4.62. The summed E-state index contributed by atoms with van der Waals surface area (Å²) in [5, 5.41) is 18.6. The number of allylic oxidation sites excluding steroid dienone is 2. The largest absolute Gasteiger partial charge is 0.481 e. The Bertz CT molecular complexity index is 636. The summed E-state index contributed by atoms with van der Waals surface area (Å²) in [6.07, 6.45) is 4.18. The van der Waals surface area contributed by atoms with Crippen molar-refractivity contribution in [3.05, 3.63) is 48.1 Å². The average Bonchev–Trinajstić information content (AvgIpc) is 2.37. The minimum Gasteiger partial charge on any atom is -0.481 e. The Morgan fingerprint density at radius 2 is 1.95 bits per heavy atom. The first kappa shape index (κ1) is 13.8. The van der Waals surface area contributed by atoms with Gasteiger partial charge in [-0.25, -0.2) is 4.79 Å². The number of hydrogen-bond acceptors (Lipinski definition) is 4. The molecular weight excluding hydrogens is 260 g/mol. The Morgan fingerprint density at radius 3 is 2.50 bits per heavy atom. The molecule has 0 spiro atoms. The molecule has 0 bridgehead atoms. The molecule has 6 N–H and O–H groups in total. The molecule has 2 rings (SSSR count). The minimum absolute atomic E-state index is 0.317. The molecule has 0 aliphatic heterocycles. The SMILES string of the molecule is Nc1cccc(C2=CC=CC(N)(C(=O)O)C2C(=O)O)c1. The highest BCUT2D eigenvalue weighted by molar-refractivity contribution is 5.99. The molecule has 1 aromatic carbocycles. The highest BCUT2D eigenvalue weighted by Gasteiger charge is 2.48. The molecule has 1 aliphatic rings. The predicted molar refractivity (Wildman–Crippen MR) is 73.7 cm³/mol. The van der Waals surface area contributed by atoms with Crippen molar-refractivity contribution < 1.29 is 19.8 Å². The Morgan fingerprint density at radius 1 is 1.25 bits per heavy atom. The molecule has 0 radical (unpaired) electrons. The van der Waals surface area contributed by atoms with E-state index in [2.05, 4.69) is 0 Å². The summed E-state index contributed by atoms with van der Waals surface area (Å²) in [5.41, 5.74) is 10.8. The van der Waals surface area contributed by atoms with Gasteiger partial charge in [-0.15, -0.1) is 0 Å². The molecule has 6 nitrogen and oxygen atoms in total. The number of nitrogens with two attached hydrogens (primary N) is 2. The fourth-order valence-electron chi connectivity index (χ4n) is 2.27. The Hall–Kier alpha value is -2.60. The van der Waals surface area contributed by atoms with Gasteiger partial charge >= 0.3 is 11.9 Å². The van der Waals surface area contributed by atoms with Gasteiger partial charge in [0.25, 0.3) is 0 Å².